The predicted molar refractivity (Wildman–Crippen MR) is 257 cm³/mol. The van der Waals surface area contributed by atoms with E-state index < -0.39 is 47.7 Å². The number of amides is 4. The molecule has 8 rings (SSSR count). The first-order chi connectivity index (χ1) is 31.9. The zero-order valence-electron chi connectivity index (χ0n) is 38.4. The quantitative estimate of drug-likeness (QED) is 0.0831. The number of thiophene rings is 1. The van der Waals surface area contributed by atoms with Crippen molar-refractivity contribution in [3.8, 4) is 32.3 Å². The molecule has 348 valence electrons. The molecule has 5 N–H and O–H groups in total. The van der Waals surface area contributed by atoms with Gasteiger partial charge in [0.25, 0.3) is 5.91 Å². The molecule has 4 amide bonds. The lowest BCUT2D eigenvalue weighted by Crippen LogP contribution is -2.58. The van der Waals surface area contributed by atoms with E-state index >= 15 is 0 Å². The standard InChI is InChI=1S/C49H53N9O7S2/c1-25-28(4)67-47-39(25)40(53-43(54-48(63)64)44-56-55-29(5)58(44)47)33-13-11-31(12-14-33)32-17-19-36(20-18-32)65-23-38(60)52-42(49(6,7)8)46(62)57-22-35(59)21-37(57)45(61)51-26(2)30-9-15-34(16-10-30)41-27(3)50-24-66-41/h9-20,24,26,35,37,42-43,54,59H,21-23H2,1-8H3,(H,51,61)(H,52,60)(H,63,64)/t26?,35-,37+,42?,43?/m1/s1. The van der Waals surface area contributed by atoms with Crippen molar-refractivity contribution < 1.29 is 34.1 Å². The molecular weight excluding hydrogens is 891 g/mol. The van der Waals surface area contributed by atoms with Gasteiger partial charge in [0.1, 0.15) is 28.7 Å². The number of ether oxygens (including phenoxy) is 1. The second-order valence-corrected chi connectivity index (χ2v) is 20.1. The molecule has 2 aliphatic heterocycles. The van der Waals surface area contributed by atoms with Gasteiger partial charge in [-0.25, -0.2) is 9.78 Å². The largest absolute Gasteiger partial charge is 0.484 e. The minimum absolute atomic E-state index is 0.0407. The average molecular weight is 944 g/mol. The molecule has 0 bridgehead atoms. The number of benzene rings is 3. The second-order valence-electron chi connectivity index (χ2n) is 18.0. The van der Waals surface area contributed by atoms with Crippen molar-refractivity contribution in [2.45, 2.75) is 92.2 Å². The first-order valence-electron chi connectivity index (χ1n) is 21.9. The Labute approximate surface area is 396 Å². The van der Waals surface area contributed by atoms with Crippen molar-refractivity contribution in [2.24, 2.45) is 10.4 Å². The molecule has 67 heavy (non-hydrogen) atoms. The third kappa shape index (κ3) is 9.73. The fourth-order valence-electron chi connectivity index (χ4n) is 8.47. The number of fused-ring (bicyclic) bond motifs is 3. The van der Waals surface area contributed by atoms with Gasteiger partial charge in [-0.1, -0.05) is 81.4 Å². The van der Waals surface area contributed by atoms with E-state index in [1.807, 2.05) is 126 Å². The predicted octanol–water partition coefficient (Wildman–Crippen LogP) is 7.22. The number of carbonyl (C=O) groups excluding carboxylic acids is 3. The van der Waals surface area contributed by atoms with E-state index in [0.717, 1.165) is 59.4 Å². The molecule has 1 saturated heterocycles. The highest BCUT2D eigenvalue weighted by Crippen LogP contribution is 2.39. The number of aliphatic imine (C=N–C) groups is 1. The zero-order valence-corrected chi connectivity index (χ0v) is 40.1. The Balaban J connectivity index is 0.902. The summed E-state index contributed by atoms with van der Waals surface area (Å²) in [4.78, 5) is 66.0. The summed E-state index contributed by atoms with van der Waals surface area (Å²) >= 11 is 3.15. The van der Waals surface area contributed by atoms with Crippen LogP contribution in [0.3, 0.4) is 0 Å². The number of aliphatic hydroxyl groups excluding tert-OH is 1. The van der Waals surface area contributed by atoms with E-state index in [1.54, 1.807) is 34.8 Å². The van der Waals surface area contributed by atoms with Crippen LogP contribution in [0.25, 0.3) is 26.6 Å². The lowest BCUT2D eigenvalue weighted by molar-refractivity contribution is -0.144. The number of aryl methyl sites for hydroxylation is 3. The van der Waals surface area contributed by atoms with Gasteiger partial charge in [-0.15, -0.1) is 32.9 Å². The maximum atomic E-state index is 14.2. The van der Waals surface area contributed by atoms with Gasteiger partial charge >= 0.3 is 6.09 Å². The first-order valence-corrected chi connectivity index (χ1v) is 23.6. The van der Waals surface area contributed by atoms with Crippen molar-refractivity contribution in [2.75, 3.05) is 13.2 Å². The number of carbonyl (C=O) groups is 4. The highest BCUT2D eigenvalue weighted by atomic mass is 32.1. The van der Waals surface area contributed by atoms with Crippen LogP contribution in [0.5, 0.6) is 5.75 Å². The summed E-state index contributed by atoms with van der Waals surface area (Å²) in [6.45, 7) is 14.8. The third-order valence-electron chi connectivity index (χ3n) is 12.2. The monoisotopic (exact) mass is 943 g/mol. The van der Waals surface area contributed by atoms with Crippen LogP contribution in [-0.4, -0.2) is 95.7 Å². The number of aliphatic hydroxyl groups is 1. The van der Waals surface area contributed by atoms with Gasteiger partial charge in [0.05, 0.1) is 33.9 Å². The average Bonchev–Trinajstić information content (AvgIpc) is 4.06. The molecule has 16 nitrogen and oxygen atoms in total. The summed E-state index contributed by atoms with van der Waals surface area (Å²) in [5, 5.41) is 38.2. The van der Waals surface area contributed by atoms with E-state index in [0.29, 0.717) is 23.1 Å². The normalized spacial score (nSPS) is 17.7. The highest BCUT2D eigenvalue weighted by Gasteiger charge is 2.45. The Bertz CT molecular complexity index is 2860. The van der Waals surface area contributed by atoms with Crippen LogP contribution >= 0.6 is 22.7 Å². The van der Waals surface area contributed by atoms with Crippen LogP contribution in [0.1, 0.15) is 90.8 Å². The summed E-state index contributed by atoms with van der Waals surface area (Å²) in [7, 11) is 0. The van der Waals surface area contributed by atoms with E-state index in [9.17, 15) is 29.4 Å². The molecule has 0 saturated carbocycles. The van der Waals surface area contributed by atoms with Crippen LogP contribution in [0, 0.1) is 33.1 Å². The van der Waals surface area contributed by atoms with Gasteiger partial charge in [0.15, 0.2) is 18.6 Å². The van der Waals surface area contributed by atoms with E-state index in [-0.39, 0.29) is 31.5 Å². The number of thiazole rings is 1. The number of nitrogens with one attached hydrogen (secondary N) is 3. The molecule has 18 heteroatoms. The number of rotatable bonds is 12. The topological polar surface area (TPSA) is 213 Å². The van der Waals surface area contributed by atoms with Crippen LogP contribution in [0.15, 0.2) is 83.3 Å². The number of likely N-dealkylation sites (tertiary alicyclic amines) is 1. The fraction of sp³-hybridized carbons (Fsp3) is 0.347. The van der Waals surface area contributed by atoms with Crippen molar-refractivity contribution in [1.82, 2.24) is 40.6 Å². The number of aromatic nitrogens is 4. The van der Waals surface area contributed by atoms with Crippen molar-refractivity contribution in [3.05, 3.63) is 123 Å². The number of hydrogen-bond donors (Lipinski definition) is 5. The maximum Gasteiger partial charge on any atom is 0.406 e. The summed E-state index contributed by atoms with van der Waals surface area (Å²) in [5.74, 6) is 0.0908. The smallest absolute Gasteiger partial charge is 0.406 e. The summed E-state index contributed by atoms with van der Waals surface area (Å²) < 4.78 is 7.75. The van der Waals surface area contributed by atoms with Crippen LogP contribution in [-0.2, 0) is 14.4 Å². The van der Waals surface area contributed by atoms with Gasteiger partial charge in [0, 0.05) is 29.0 Å². The van der Waals surface area contributed by atoms with Gasteiger partial charge in [-0.2, -0.15) is 0 Å². The minimum Gasteiger partial charge on any atom is -0.484 e. The zero-order chi connectivity index (χ0) is 47.9. The molecule has 3 aromatic heterocycles. The molecule has 2 aliphatic rings. The van der Waals surface area contributed by atoms with Crippen LogP contribution < -0.4 is 20.7 Å². The van der Waals surface area contributed by atoms with Gasteiger partial charge < -0.3 is 30.5 Å². The number of nitrogens with zero attached hydrogens (tertiary/aromatic N) is 6. The summed E-state index contributed by atoms with van der Waals surface area (Å²) in [6, 6.07) is 20.7. The molecule has 0 radical (unpaired) electrons. The van der Waals surface area contributed by atoms with E-state index in [4.69, 9.17) is 9.73 Å². The lowest BCUT2D eigenvalue weighted by atomic mass is 9.85. The Hall–Kier alpha value is -6.76. The maximum absolute atomic E-state index is 14.2. The first kappa shape index (κ1) is 46.8. The van der Waals surface area contributed by atoms with Crippen LogP contribution in [0.4, 0.5) is 4.79 Å². The van der Waals surface area contributed by atoms with E-state index in [2.05, 4.69) is 31.1 Å². The third-order valence-corrected chi connectivity index (χ3v) is 14.4. The van der Waals surface area contributed by atoms with Gasteiger partial charge in [-0.05, 0) is 80.0 Å². The van der Waals surface area contributed by atoms with Gasteiger partial charge in [0.2, 0.25) is 11.8 Å². The molecule has 3 unspecified atom stereocenters. The van der Waals surface area contributed by atoms with Crippen molar-refractivity contribution in [3.63, 3.8) is 0 Å². The number of β-amino-alcohol motifs (C(OH)–C–C–N with tert-alkyl or cyclic N) is 1. The Morgan fingerprint density at radius 2 is 1.52 bits per heavy atom. The minimum atomic E-state index is -1.23. The highest BCUT2D eigenvalue weighted by molar-refractivity contribution is 7.15. The Kier molecular flexibility index (Phi) is 13.2. The summed E-state index contributed by atoms with van der Waals surface area (Å²) in [6.07, 6.45) is -3.03. The Morgan fingerprint density at radius 1 is 0.881 bits per heavy atom. The molecule has 0 spiro atoms. The second kappa shape index (κ2) is 18.9. The van der Waals surface area contributed by atoms with E-state index in [1.165, 1.54) is 4.90 Å². The summed E-state index contributed by atoms with van der Waals surface area (Å²) in [5.41, 5.74) is 9.12. The fourth-order valence-corrected chi connectivity index (χ4v) is 10.5. The molecule has 5 heterocycles. The Morgan fingerprint density at radius 3 is 2.15 bits per heavy atom. The molecule has 0 aliphatic carbocycles. The van der Waals surface area contributed by atoms with Crippen LogP contribution in [0.2, 0.25) is 0 Å². The lowest BCUT2D eigenvalue weighted by Gasteiger charge is -2.35. The SMILES string of the molecule is Cc1ncsc1-c1ccc(C(C)NC(=O)[C@@H]2C[C@@H](O)CN2C(=O)C(NC(=O)COc2ccc(-c3ccc(C4=NC(NC(=O)O)c5nnc(C)n5-c5sc(C)c(C)c54)cc3)cc2)C(C)(C)C)cc1. The molecule has 6 aromatic rings. The van der Waals surface area contributed by atoms with Gasteiger partial charge in [-0.3, -0.25) is 29.3 Å². The molecule has 1 fully saturated rings. The number of carboxylic acid groups (broad SMARTS) is 1. The molecular formula is C49H53N9O7S2. The van der Waals surface area contributed by atoms with Crippen molar-refractivity contribution in [1.29, 1.82) is 0 Å². The number of hydrogen-bond acceptors (Lipinski definition) is 12. The van der Waals surface area contributed by atoms with Crippen molar-refractivity contribution >= 4 is 52.2 Å². The molecule has 3 aromatic carbocycles. The molecule has 5 atom stereocenters.